The van der Waals surface area contributed by atoms with Crippen LogP contribution in [-0.2, 0) is 4.79 Å². The molecular formula is C28H25ClN6OS. The third-order valence-electron chi connectivity index (χ3n) is 6.22. The Labute approximate surface area is 224 Å². The molecule has 0 bridgehead atoms. The highest BCUT2D eigenvalue weighted by atomic mass is 35.5. The molecule has 186 valence electrons. The predicted molar refractivity (Wildman–Crippen MR) is 149 cm³/mol. The average molecular weight is 529 g/mol. The van der Waals surface area contributed by atoms with Crippen LogP contribution >= 0.6 is 22.9 Å². The second-order valence-corrected chi connectivity index (χ2v) is 10.4. The lowest BCUT2D eigenvalue weighted by Crippen LogP contribution is -2.17. The van der Waals surface area contributed by atoms with E-state index in [9.17, 15) is 4.79 Å². The van der Waals surface area contributed by atoms with E-state index >= 15 is 0 Å². The van der Waals surface area contributed by atoms with Crippen LogP contribution in [0, 0.1) is 32.6 Å². The van der Waals surface area contributed by atoms with E-state index in [1.807, 2.05) is 60.0 Å². The third kappa shape index (κ3) is 4.94. The second-order valence-electron chi connectivity index (χ2n) is 8.74. The first-order chi connectivity index (χ1) is 17.9. The molecule has 0 radical (unpaired) electrons. The lowest BCUT2D eigenvalue weighted by molar-refractivity contribution is -0.116. The number of nitrogens with zero attached hydrogens (tertiary/aromatic N) is 4. The van der Waals surface area contributed by atoms with E-state index in [0.29, 0.717) is 16.5 Å². The number of aliphatic imine (C=N–C) groups is 1. The van der Waals surface area contributed by atoms with Gasteiger partial charge in [-0.3, -0.25) is 14.4 Å². The Morgan fingerprint density at radius 1 is 1.16 bits per heavy atom. The van der Waals surface area contributed by atoms with E-state index in [2.05, 4.69) is 41.2 Å². The van der Waals surface area contributed by atoms with Gasteiger partial charge < -0.3 is 11.1 Å². The molecule has 5 rings (SSSR count). The predicted octanol–water partition coefficient (Wildman–Crippen LogP) is 5.14. The number of anilines is 1. The number of halogens is 1. The summed E-state index contributed by atoms with van der Waals surface area (Å²) < 4.78 is 2.04. The van der Waals surface area contributed by atoms with E-state index in [4.69, 9.17) is 22.3 Å². The number of hydrogen-bond donors (Lipinski definition) is 2. The fraction of sp³-hybridized carbons (Fsp3) is 0.214. The summed E-state index contributed by atoms with van der Waals surface area (Å²) in [5, 5.41) is 13.5. The van der Waals surface area contributed by atoms with Gasteiger partial charge in [0.15, 0.2) is 5.82 Å². The molecule has 37 heavy (non-hydrogen) atoms. The number of amides is 1. The summed E-state index contributed by atoms with van der Waals surface area (Å²) in [7, 11) is 0. The largest absolute Gasteiger partial charge is 0.326 e. The zero-order valence-corrected chi connectivity index (χ0v) is 22.2. The highest BCUT2D eigenvalue weighted by Crippen LogP contribution is 2.39. The van der Waals surface area contributed by atoms with Crippen LogP contribution in [0.2, 0.25) is 5.02 Å². The van der Waals surface area contributed by atoms with Crippen molar-refractivity contribution in [2.75, 3.05) is 11.9 Å². The van der Waals surface area contributed by atoms with E-state index in [1.54, 1.807) is 11.3 Å². The summed E-state index contributed by atoms with van der Waals surface area (Å²) in [5.74, 6) is 7.03. The molecule has 1 amide bonds. The number of nitrogens with two attached hydrogens (primary N) is 1. The maximum Gasteiger partial charge on any atom is 0.227 e. The second kappa shape index (κ2) is 10.3. The van der Waals surface area contributed by atoms with Gasteiger partial charge in [-0.1, -0.05) is 41.6 Å². The quantitative estimate of drug-likeness (QED) is 0.358. The fourth-order valence-electron chi connectivity index (χ4n) is 4.35. The molecule has 2 aromatic carbocycles. The number of carbonyl (C=O) groups excluding carboxylic acids is 1. The lowest BCUT2D eigenvalue weighted by atomic mass is 9.99. The van der Waals surface area contributed by atoms with Gasteiger partial charge in [-0.15, -0.1) is 21.5 Å². The monoisotopic (exact) mass is 528 g/mol. The van der Waals surface area contributed by atoms with Crippen molar-refractivity contribution in [1.29, 1.82) is 0 Å². The topological polar surface area (TPSA) is 98.2 Å². The molecule has 2 aromatic heterocycles. The molecule has 0 aliphatic carbocycles. The van der Waals surface area contributed by atoms with Crippen molar-refractivity contribution in [3.8, 4) is 16.8 Å². The van der Waals surface area contributed by atoms with Gasteiger partial charge in [0.1, 0.15) is 16.9 Å². The molecule has 1 unspecified atom stereocenters. The first-order valence-electron chi connectivity index (χ1n) is 11.8. The summed E-state index contributed by atoms with van der Waals surface area (Å²) in [6, 6.07) is 14.5. The number of rotatable bonds is 4. The highest BCUT2D eigenvalue weighted by molar-refractivity contribution is 7.15. The van der Waals surface area contributed by atoms with Crippen molar-refractivity contribution >= 4 is 40.2 Å². The van der Waals surface area contributed by atoms with Gasteiger partial charge in [-0.25, -0.2) is 0 Å². The number of benzene rings is 2. The zero-order valence-electron chi connectivity index (χ0n) is 20.7. The molecule has 1 atom stereocenters. The van der Waals surface area contributed by atoms with E-state index in [-0.39, 0.29) is 18.9 Å². The van der Waals surface area contributed by atoms with Crippen LogP contribution in [0.25, 0.3) is 5.00 Å². The van der Waals surface area contributed by atoms with Gasteiger partial charge in [0, 0.05) is 32.3 Å². The number of carbonyl (C=O) groups is 1. The standard InChI is InChI=1S/C28H25ClN6OS/c1-16-17(2)37-28-25(16)26(20-9-11-21(29)12-10-20)32-23(27-34-33-18(3)35(27)28)15-24(36)31-22-8-4-6-19(14-22)7-5-13-30/h4,6,8-12,14,23H,13,15,30H2,1-3H3,(H,31,36). The van der Waals surface area contributed by atoms with Crippen LogP contribution in [-0.4, -0.2) is 32.9 Å². The summed E-state index contributed by atoms with van der Waals surface area (Å²) in [6.07, 6.45) is 0.0981. The van der Waals surface area contributed by atoms with Crippen LogP contribution in [0.3, 0.4) is 0 Å². The minimum absolute atomic E-state index is 0.0981. The van der Waals surface area contributed by atoms with Crippen molar-refractivity contribution in [3.63, 3.8) is 0 Å². The Kier molecular flexibility index (Phi) is 6.94. The summed E-state index contributed by atoms with van der Waals surface area (Å²) >= 11 is 7.86. The maximum atomic E-state index is 13.2. The van der Waals surface area contributed by atoms with Gasteiger partial charge in [-0.2, -0.15) is 0 Å². The molecule has 3 N–H and O–H groups in total. The molecule has 0 saturated carbocycles. The van der Waals surface area contributed by atoms with Gasteiger partial charge >= 0.3 is 0 Å². The minimum Gasteiger partial charge on any atom is -0.326 e. The van der Waals surface area contributed by atoms with Gasteiger partial charge in [0.05, 0.1) is 18.7 Å². The van der Waals surface area contributed by atoms with Crippen molar-refractivity contribution in [3.05, 3.63) is 92.3 Å². The Morgan fingerprint density at radius 3 is 2.70 bits per heavy atom. The van der Waals surface area contributed by atoms with Crippen LogP contribution < -0.4 is 11.1 Å². The number of aromatic nitrogens is 3. The van der Waals surface area contributed by atoms with E-state index < -0.39 is 6.04 Å². The molecule has 9 heteroatoms. The summed E-state index contributed by atoms with van der Waals surface area (Å²) in [4.78, 5) is 19.6. The number of hydrogen-bond acceptors (Lipinski definition) is 6. The SMILES string of the molecule is Cc1sc2c(c1C)C(c1ccc(Cl)cc1)=NC(CC(=O)Nc1cccc(C#CCN)c1)c1nnc(C)n1-2. The number of aryl methyl sites for hydroxylation is 2. The summed E-state index contributed by atoms with van der Waals surface area (Å²) in [5.41, 5.74) is 10.8. The molecule has 1 aliphatic heterocycles. The Hall–Kier alpha value is -3.77. The number of fused-ring (bicyclic) bond motifs is 3. The first-order valence-corrected chi connectivity index (χ1v) is 13.0. The van der Waals surface area contributed by atoms with Crippen LogP contribution in [0.5, 0.6) is 0 Å². The molecule has 7 nitrogen and oxygen atoms in total. The van der Waals surface area contributed by atoms with Gasteiger partial charge in [-0.05, 0) is 56.7 Å². The van der Waals surface area contributed by atoms with Crippen LogP contribution in [0.4, 0.5) is 5.69 Å². The maximum absolute atomic E-state index is 13.2. The molecule has 1 aliphatic rings. The zero-order chi connectivity index (χ0) is 26.1. The molecular weight excluding hydrogens is 504 g/mol. The smallest absolute Gasteiger partial charge is 0.227 e. The van der Waals surface area contributed by atoms with Crippen molar-refractivity contribution in [2.45, 2.75) is 33.2 Å². The fourth-order valence-corrected chi connectivity index (χ4v) is 5.69. The lowest BCUT2D eigenvalue weighted by Gasteiger charge is -2.13. The molecule has 0 fully saturated rings. The normalized spacial score (nSPS) is 14.1. The third-order valence-corrected chi connectivity index (χ3v) is 7.66. The van der Waals surface area contributed by atoms with Gasteiger partial charge in [0.25, 0.3) is 0 Å². The Bertz CT molecular complexity index is 1590. The molecule has 0 saturated heterocycles. The average Bonchev–Trinajstić information content (AvgIpc) is 3.35. The van der Waals surface area contributed by atoms with E-state index in [0.717, 1.165) is 38.8 Å². The first kappa shape index (κ1) is 24.9. The van der Waals surface area contributed by atoms with Crippen LogP contribution in [0.1, 0.15) is 51.2 Å². The van der Waals surface area contributed by atoms with Crippen molar-refractivity contribution < 1.29 is 4.79 Å². The van der Waals surface area contributed by atoms with E-state index in [1.165, 1.54) is 4.88 Å². The Balaban J connectivity index is 1.56. The van der Waals surface area contributed by atoms with Crippen molar-refractivity contribution in [1.82, 2.24) is 14.8 Å². The number of nitrogens with one attached hydrogen (secondary N) is 1. The molecule has 4 aromatic rings. The minimum atomic E-state index is -0.536. The van der Waals surface area contributed by atoms with Crippen molar-refractivity contribution in [2.24, 2.45) is 10.7 Å². The highest BCUT2D eigenvalue weighted by Gasteiger charge is 2.32. The number of thiophene rings is 1. The summed E-state index contributed by atoms with van der Waals surface area (Å²) in [6.45, 7) is 6.40. The Morgan fingerprint density at radius 2 is 1.95 bits per heavy atom. The van der Waals surface area contributed by atoms with Crippen LogP contribution in [0.15, 0.2) is 53.5 Å². The molecule has 3 heterocycles. The van der Waals surface area contributed by atoms with Gasteiger partial charge in [0.2, 0.25) is 5.91 Å². The molecule has 0 spiro atoms.